The highest BCUT2D eigenvalue weighted by Gasteiger charge is 2.42. The number of hydrogen-bond donors (Lipinski definition) is 1. The van der Waals surface area contributed by atoms with Crippen LogP contribution in [-0.2, 0) is 4.79 Å². The minimum atomic E-state index is -3.77. The van der Waals surface area contributed by atoms with Crippen LogP contribution in [0.3, 0.4) is 0 Å². The second kappa shape index (κ2) is 10.8. The molecule has 3 fully saturated rings. The molecule has 1 aromatic heterocycles. The number of hydrogen-bond acceptors (Lipinski definition) is 4. The number of rotatable bonds is 8. The largest absolute Gasteiger partial charge is 0.349 e. The molecule has 6 nitrogen and oxygen atoms in total. The number of halogens is 2. The van der Waals surface area contributed by atoms with Gasteiger partial charge in [0.05, 0.1) is 6.04 Å². The van der Waals surface area contributed by atoms with E-state index in [9.17, 15) is 16.3 Å². The van der Waals surface area contributed by atoms with Gasteiger partial charge in [0.15, 0.2) is 0 Å². The fraction of sp³-hybridized carbons (Fsp3) is 0.690. The summed E-state index contributed by atoms with van der Waals surface area (Å²) >= 11 is 0. The van der Waals surface area contributed by atoms with Gasteiger partial charge in [0.2, 0.25) is 11.8 Å². The average molecular weight is 525 g/mol. The first-order chi connectivity index (χ1) is 21.8. The van der Waals surface area contributed by atoms with Crippen LogP contribution in [0.2, 0.25) is 0 Å². The molecule has 2 aliphatic heterocycles. The Morgan fingerprint density at radius 2 is 1.89 bits per heavy atom. The van der Waals surface area contributed by atoms with Crippen molar-refractivity contribution >= 4 is 5.91 Å². The molecule has 0 spiro atoms. The maximum atomic E-state index is 14.3. The molecule has 2 saturated heterocycles. The highest BCUT2D eigenvalue weighted by Crippen LogP contribution is 2.42. The van der Waals surface area contributed by atoms with Crippen LogP contribution in [0.5, 0.6) is 0 Å². The molecular weight excluding hydrogens is 472 g/mol. The molecule has 3 heterocycles. The van der Waals surface area contributed by atoms with E-state index >= 15 is 0 Å². The lowest BCUT2D eigenvalue weighted by Crippen LogP contribution is -2.45. The molecule has 3 unspecified atom stereocenters. The van der Waals surface area contributed by atoms with Crippen molar-refractivity contribution in [3.63, 3.8) is 0 Å². The Bertz CT molecular complexity index is 1450. The van der Waals surface area contributed by atoms with Gasteiger partial charge in [-0.25, -0.2) is 8.78 Å². The van der Waals surface area contributed by atoms with E-state index in [0.717, 1.165) is 0 Å². The molecule has 2 bridgehead atoms. The molecular formula is C29H41F2N5O. The van der Waals surface area contributed by atoms with Gasteiger partial charge in [-0.15, -0.1) is 10.2 Å². The zero-order chi connectivity index (χ0) is 35.9. The summed E-state index contributed by atoms with van der Waals surface area (Å²) in [5.74, 6) is -9.75. The van der Waals surface area contributed by atoms with E-state index in [1.165, 1.54) is 4.57 Å². The van der Waals surface area contributed by atoms with Gasteiger partial charge >= 0.3 is 0 Å². The Balaban J connectivity index is 1.43. The van der Waals surface area contributed by atoms with Crippen LogP contribution in [0.15, 0.2) is 30.3 Å². The van der Waals surface area contributed by atoms with Crippen molar-refractivity contribution in [3.8, 4) is 0 Å². The predicted molar refractivity (Wildman–Crippen MR) is 139 cm³/mol. The molecule has 8 heteroatoms. The maximum absolute atomic E-state index is 14.3. The van der Waals surface area contributed by atoms with E-state index < -0.39 is 81.1 Å². The van der Waals surface area contributed by atoms with Crippen molar-refractivity contribution in [1.29, 1.82) is 0 Å². The fourth-order valence-corrected chi connectivity index (χ4v) is 5.68. The second-order valence-electron chi connectivity index (χ2n) is 10.4. The summed E-state index contributed by atoms with van der Waals surface area (Å²) in [6.07, 6.45) is -8.04. The first kappa shape index (κ1) is 15.9. The number of benzene rings is 1. The van der Waals surface area contributed by atoms with Gasteiger partial charge in [-0.2, -0.15) is 0 Å². The molecule has 5 rings (SSSR count). The lowest BCUT2D eigenvalue weighted by atomic mass is 9.86. The molecule has 1 saturated carbocycles. The Hall–Kier alpha value is -2.35. The highest BCUT2D eigenvalue weighted by atomic mass is 19.3. The Kier molecular flexibility index (Phi) is 4.64. The van der Waals surface area contributed by atoms with Crippen LogP contribution in [0.1, 0.15) is 122 Å². The molecule has 2 aromatic rings. The number of nitrogens with one attached hydrogen (secondary N) is 1. The minimum Gasteiger partial charge on any atom is -0.349 e. The van der Waals surface area contributed by atoms with E-state index in [2.05, 4.69) is 15.5 Å². The summed E-state index contributed by atoms with van der Waals surface area (Å²) in [5, 5.41) is 10.5. The summed E-state index contributed by atoms with van der Waals surface area (Å²) in [7, 11) is 0. The number of nitrogens with zero attached hydrogens (tertiary/aromatic N) is 4. The number of fused-ring (bicyclic) bond motifs is 2. The lowest BCUT2D eigenvalue weighted by Gasteiger charge is -2.40. The normalized spacial score (nSPS) is 35.9. The topological polar surface area (TPSA) is 63.1 Å². The number of aryl methyl sites for hydroxylation is 1. The third-order valence-corrected chi connectivity index (χ3v) is 7.48. The number of amides is 1. The lowest BCUT2D eigenvalue weighted by molar-refractivity contribution is -0.130. The van der Waals surface area contributed by atoms with Gasteiger partial charge in [0.25, 0.3) is 0 Å². The van der Waals surface area contributed by atoms with Crippen LogP contribution in [0, 0.1) is 12.7 Å². The summed E-state index contributed by atoms with van der Waals surface area (Å²) in [6, 6.07) is 5.85. The highest BCUT2D eigenvalue weighted by molar-refractivity contribution is 5.79. The molecule has 1 amide bonds. The van der Waals surface area contributed by atoms with Crippen molar-refractivity contribution in [2.75, 3.05) is 6.50 Å². The van der Waals surface area contributed by atoms with Crippen LogP contribution in [0.4, 0.5) is 8.78 Å². The first-order valence-corrected chi connectivity index (χ1v) is 12.8. The quantitative estimate of drug-likeness (QED) is 0.463. The Labute approximate surface area is 234 Å². The van der Waals surface area contributed by atoms with E-state index in [-0.39, 0.29) is 23.7 Å². The monoisotopic (exact) mass is 524 g/mol. The molecule has 0 radical (unpaired) electrons. The van der Waals surface area contributed by atoms with Crippen molar-refractivity contribution in [2.45, 2.75) is 114 Å². The van der Waals surface area contributed by atoms with Crippen LogP contribution >= 0.6 is 0 Å². The van der Waals surface area contributed by atoms with Gasteiger partial charge in [0, 0.05) is 64.3 Å². The summed E-state index contributed by atoms with van der Waals surface area (Å²) in [6.45, 7) is -1.52. The number of alkyl halides is 2. The van der Waals surface area contributed by atoms with E-state index in [0.29, 0.717) is 31.2 Å². The maximum Gasteiger partial charge on any atom is 0.248 e. The molecule has 3 atom stereocenters. The smallest absolute Gasteiger partial charge is 0.248 e. The molecule has 3 aliphatic rings. The number of carbonyl (C=O) groups is 1. The van der Waals surface area contributed by atoms with Crippen molar-refractivity contribution in [3.05, 3.63) is 47.5 Å². The molecule has 1 aliphatic carbocycles. The first-order valence-electron chi connectivity index (χ1n) is 18.3. The molecule has 37 heavy (non-hydrogen) atoms. The molecule has 1 N–H and O–H groups in total. The van der Waals surface area contributed by atoms with Crippen molar-refractivity contribution in [2.24, 2.45) is 5.89 Å². The van der Waals surface area contributed by atoms with Gasteiger partial charge in [-0.1, -0.05) is 44.2 Å². The minimum absolute atomic E-state index is 0.200. The number of carbonyl (C=O) groups excluding carboxylic acids is 1. The molecule has 1 aromatic carbocycles. The fourth-order valence-electron chi connectivity index (χ4n) is 5.68. The summed E-state index contributed by atoms with van der Waals surface area (Å²) in [4.78, 5) is 15.4. The zero-order valence-corrected chi connectivity index (χ0v) is 21.1. The SMILES string of the molecule is [2H]C([2H])([2H])c1nnc(C([2H])(C)C)n1C1CC2CCC(C1)N2C([2H])([2H])CC(NC(=O)C1([2H])C([2H])([2H])CC(F)(F)CC1([2H])[2H])c1ccccc1. The predicted octanol–water partition coefficient (Wildman–Crippen LogP) is 5.95. The number of piperidine rings is 1. The third kappa shape index (κ3) is 5.74. The van der Waals surface area contributed by atoms with Gasteiger partial charge in [-0.3, -0.25) is 9.69 Å². The standard InChI is InChI=1S/C29H41F2N5O/c1-19(2)27-34-33-20(3)36(27)25-17-23-9-10-24(18-25)35(23)16-13-26(21-7-5-4-6-8-21)32-28(37)22-11-14-29(30,31)15-12-22/h4-8,19,22-26H,9-18H2,1-3H3,(H,32,37)/i3D3,11D2,12D2,16D2,19D,22D. The van der Waals surface area contributed by atoms with Crippen LogP contribution in [-0.4, -0.2) is 50.1 Å². The van der Waals surface area contributed by atoms with Gasteiger partial charge in [-0.05, 0) is 57.3 Å². The zero-order valence-electron chi connectivity index (χ0n) is 32.1. The average Bonchev–Trinajstić information content (AvgIpc) is 3.51. The molecule has 202 valence electrons. The second-order valence-corrected chi connectivity index (χ2v) is 10.4. The van der Waals surface area contributed by atoms with Crippen LogP contribution in [0.25, 0.3) is 0 Å². The van der Waals surface area contributed by atoms with Gasteiger partial charge < -0.3 is 9.88 Å². The summed E-state index contributed by atoms with van der Waals surface area (Å²) in [5.41, 5.74) is 0.400. The van der Waals surface area contributed by atoms with Crippen LogP contribution < -0.4 is 5.32 Å². The third-order valence-electron chi connectivity index (χ3n) is 7.48. The Morgan fingerprint density at radius 3 is 2.51 bits per heavy atom. The van der Waals surface area contributed by atoms with E-state index in [1.807, 2.05) is 0 Å². The Morgan fingerprint density at radius 1 is 1.22 bits per heavy atom. The van der Waals surface area contributed by atoms with Crippen molar-refractivity contribution < 1.29 is 28.7 Å². The number of aromatic nitrogens is 3. The van der Waals surface area contributed by atoms with E-state index in [4.69, 9.17) is 12.3 Å². The van der Waals surface area contributed by atoms with Crippen molar-refractivity contribution in [1.82, 2.24) is 25.0 Å². The summed E-state index contributed by atoms with van der Waals surface area (Å²) < 4.78 is 123. The van der Waals surface area contributed by atoms with E-state index in [1.54, 1.807) is 49.1 Å². The van der Waals surface area contributed by atoms with Gasteiger partial charge in [0.1, 0.15) is 11.6 Å².